The Bertz CT molecular complexity index is 696. The number of para-hydroxylation sites is 1. The lowest BCUT2D eigenvalue weighted by atomic mass is 9.97. The molecule has 0 fully saturated rings. The maximum absolute atomic E-state index is 12.5. The molecule has 0 radical (unpaired) electrons. The number of nitrogens with one attached hydrogen (secondary N) is 1. The molecule has 1 N–H and O–H groups in total. The average Bonchev–Trinajstić information content (AvgIpc) is 3.02. The second kappa shape index (κ2) is 6.10. The van der Waals surface area contributed by atoms with Crippen LogP contribution in [0.25, 0.3) is 0 Å². The summed E-state index contributed by atoms with van der Waals surface area (Å²) in [7, 11) is 0. The highest BCUT2D eigenvalue weighted by molar-refractivity contribution is 6.05. The van der Waals surface area contributed by atoms with E-state index in [0.29, 0.717) is 23.0 Å². The minimum absolute atomic E-state index is 0.144. The zero-order chi connectivity index (χ0) is 15.5. The first-order valence-electron chi connectivity index (χ1n) is 7.49. The maximum atomic E-state index is 12.5. The van der Waals surface area contributed by atoms with E-state index in [0.717, 1.165) is 17.7 Å². The van der Waals surface area contributed by atoms with Gasteiger partial charge in [0.2, 0.25) is 6.79 Å². The van der Waals surface area contributed by atoms with E-state index in [4.69, 9.17) is 9.47 Å². The quantitative estimate of drug-likeness (QED) is 0.921. The van der Waals surface area contributed by atoms with Gasteiger partial charge in [0.15, 0.2) is 11.5 Å². The van der Waals surface area contributed by atoms with E-state index in [1.165, 1.54) is 0 Å². The molecule has 114 valence electrons. The molecule has 0 saturated heterocycles. The summed E-state index contributed by atoms with van der Waals surface area (Å²) in [6.45, 7) is 4.50. The number of ether oxygens (including phenoxy) is 2. The Morgan fingerprint density at radius 3 is 2.77 bits per heavy atom. The lowest BCUT2D eigenvalue weighted by Gasteiger charge is -2.15. The van der Waals surface area contributed by atoms with E-state index in [1.54, 1.807) is 18.2 Å². The van der Waals surface area contributed by atoms with E-state index in [-0.39, 0.29) is 12.7 Å². The van der Waals surface area contributed by atoms with Gasteiger partial charge in [-0.25, -0.2) is 0 Å². The number of hydrogen-bond donors (Lipinski definition) is 1. The second-order valence-corrected chi connectivity index (χ2v) is 5.42. The molecule has 0 unspecified atom stereocenters. The highest BCUT2D eigenvalue weighted by Gasteiger charge is 2.17. The molecule has 0 spiro atoms. The predicted molar refractivity (Wildman–Crippen MR) is 85.7 cm³/mol. The number of anilines is 1. The summed E-state index contributed by atoms with van der Waals surface area (Å²) in [6, 6.07) is 13.1. The number of fused-ring (bicyclic) bond motifs is 1. The Balaban J connectivity index is 1.83. The van der Waals surface area contributed by atoms with Crippen molar-refractivity contribution in [2.75, 3.05) is 12.1 Å². The van der Waals surface area contributed by atoms with Crippen molar-refractivity contribution in [3.63, 3.8) is 0 Å². The van der Waals surface area contributed by atoms with Crippen LogP contribution in [0, 0.1) is 0 Å². The number of benzene rings is 2. The van der Waals surface area contributed by atoms with Gasteiger partial charge < -0.3 is 14.8 Å². The van der Waals surface area contributed by atoms with Crippen LogP contribution in [0.5, 0.6) is 11.5 Å². The monoisotopic (exact) mass is 297 g/mol. The fraction of sp³-hybridized carbons (Fsp3) is 0.278. The van der Waals surface area contributed by atoms with E-state index in [2.05, 4.69) is 25.2 Å². The Kier molecular flexibility index (Phi) is 4.00. The van der Waals surface area contributed by atoms with Crippen LogP contribution in [0.1, 0.15) is 42.1 Å². The molecule has 1 heterocycles. The first-order valence-corrected chi connectivity index (χ1v) is 7.49. The molecule has 0 aliphatic carbocycles. The SMILES string of the molecule is CC[C@H](C)c1ccccc1NC(=O)c1ccc2c(c1)OCO2. The molecule has 2 aromatic carbocycles. The Labute approximate surface area is 130 Å². The maximum Gasteiger partial charge on any atom is 0.255 e. The molecule has 2 aromatic rings. The number of carbonyl (C=O) groups excluding carboxylic acids is 1. The number of amides is 1. The van der Waals surface area contributed by atoms with Gasteiger partial charge in [-0.1, -0.05) is 32.0 Å². The molecule has 0 aromatic heterocycles. The molecule has 1 aliphatic rings. The fourth-order valence-electron chi connectivity index (χ4n) is 2.49. The van der Waals surface area contributed by atoms with Crippen LogP contribution in [0.2, 0.25) is 0 Å². The third kappa shape index (κ3) is 2.77. The third-order valence-electron chi connectivity index (χ3n) is 3.99. The molecule has 1 atom stereocenters. The van der Waals surface area contributed by atoms with Gasteiger partial charge in [-0.15, -0.1) is 0 Å². The summed E-state index contributed by atoms with van der Waals surface area (Å²) in [5.74, 6) is 1.54. The van der Waals surface area contributed by atoms with Crippen molar-refractivity contribution in [3.8, 4) is 11.5 Å². The smallest absolute Gasteiger partial charge is 0.255 e. The van der Waals surface area contributed by atoms with Gasteiger partial charge >= 0.3 is 0 Å². The van der Waals surface area contributed by atoms with E-state index >= 15 is 0 Å². The minimum Gasteiger partial charge on any atom is -0.454 e. The first-order chi connectivity index (χ1) is 10.7. The molecule has 4 heteroatoms. The van der Waals surface area contributed by atoms with Crippen molar-refractivity contribution in [1.82, 2.24) is 0 Å². The molecule has 4 nitrogen and oxygen atoms in total. The van der Waals surface area contributed by atoms with Gasteiger partial charge in [0.05, 0.1) is 0 Å². The van der Waals surface area contributed by atoms with Crippen LogP contribution in [0.4, 0.5) is 5.69 Å². The predicted octanol–water partition coefficient (Wildman–Crippen LogP) is 4.18. The molecule has 0 saturated carbocycles. The first kappa shape index (κ1) is 14.4. The van der Waals surface area contributed by atoms with Gasteiger partial charge in [0.1, 0.15) is 0 Å². The van der Waals surface area contributed by atoms with Crippen molar-refractivity contribution in [2.45, 2.75) is 26.2 Å². The van der Waals surface area contributed by atoms with Gasteiger partial charge in [-0.05, 0) is 42.2 Å². The molecule has 22 heavy (non-hydrogen) atoms. The van der Waals surface area contributed by atoms with Crippen LogP contribution < -0.4 is 14.8 Å². The lowest BCUT2D eigenvalue weighted by Crippen LogP contribution is -2.13. The number of carbonyl (C=O) groups is 1. The van der Waals surface area contributed by atoms with Crippen LogP contribution in [-0.2, 0) is 0 Å². The van der Waals surface area contributed by atoms with E-state index in [9.17, 15) is 4.79 Å². The Morgan fingerprint density at radius 1 is 1.18 bits per heavy atom. The summed E-state index contributed by atoms with van der Waals surface area (Å²) >= 11 is 0. The third-order valence-corrected chi connectivity index (χ3v) is 3.99. The van der Waals surface area contributed by atoms with Crippen LogP contribution in [-0.4, -0.2) is 12.7 Å². The normalized spacial score (nSPS) is 13.7. The van der Waals surface area contributed by atoms with Crippen molar-refractivity contribution < 1.29 is 14.3 Å². The topological polar surface area (TPSA) is 47.6 Å². The van der Waals surface area contributed by atoms with Gasteiger partial charge in [-0.3, -0.25) is 4.79 Å². The fourth-order valence-corrected chi connectivity index (χ4v) is 2.49. The molecule has 1 amide bonds. The van der Waals surface area contributed by atoms with Gasteiger partial charge in [-0.2, -0.15) is 0 Å². The van der Waals surface area contributed by atoms with Crippen molar-refractivity contribution in [1.29, 1.82) is 0 Å². The summed E-state index contributed by atoms with van der Waals surface area (Å²) in [6.07, 6.45) is 1.02. The zero-order valence-corrected chi connectivity index (χ0v) is 12.8. The Morgan fingerprint density at radius 2 is 1.95 bits per heavy atom. The number of rotatable bonds is 4. The Hall–Kier alpha value is -2.49. The van der Waals surface area contributed by atoms with Gasteiger partial charge in [0, 0.05) is 11.3 Å². The zero-order valence-electron chi connectivity index (χ0n) is 12.8. The summed E-state index contributed by atoms with van der Waals surface area (Å²) < 4.78 is 10.6. The average molecular weight is 297 g/mol. The summed E-state index contributed by atoms with van der Waals surface area (Å²) in [5, 5.41) is 3.00. The van der Waals surface area contributed by atoms with Crippen molar-refractivity contribution >= 4 is 11.6 Å². The van der Waals surface area contributed by atoms with Crippen LogP contribution >= 0.6 is 0 Å². The largest absolute Gasteiger partial charge is 0.454 e. The van der Waals surface area contributed by atoms with E-state index in [1.807, 2.05) is 18.2 Å². The van der Waals surface area contributed by atoms with Crippen molar-refractivity contribution in [3.05, 3.63) is 53.6 Å². The van der Waals surface area contributed by atoms with E-state index < -0.39 is 0 Å². The highest BCUT2D eigenvalue weighted by atomic mass is 16.7. The lowest BCUT2D eigenvalue weighted by molar-refractivity contribution is 0.102. The minimum atomic E-state index is -0.144. The molecule has 0 bridgehead atoms. The molecule has 3 rings (SSSR count). The van der Waals surface area contributed by atoms with Gasteiger partial charge in [0.25, 0.3) is 5.91 Å². The molecular formula is C18H19NO3. The molecule has 1 aliphatic heterocycles. The van der Waals surface area contributed by atoms with Crippen molar-refractivity contribution in [2.24, 2.45) is 0 Å². The standard InChI is InChI=1S/C18H19NO3/c1-3-12(2)14-6-4-5-7-15(14)19-18(20)13-8-9-16-17(10-13)22-11-21-16/h4-10,12H,3,11H2,1-2H3,(H,19,20)/t12-/m0/s1. The summed E-state index contributed by atoms with van der Waals surface area (Å²) in [5.41, 5.74) is 2.57. The highest BCUT2D eigenvalue weighted by Crippen LogP contribution is 2.33. The number of hydrogen-bond acceptors (Lipinski definition) is 3. The van der Waals surface area contributed by atoms with Crippen LogP contribution in [0.15, 0.2) is 42.5 Å². The second-order valence-electron chi connectivity index (χ2n) is 5.42. The molecular weight excluding hydrogens is 278 g/mol. The summed E-state index contributed by atoms with van der Waals surface area (Å²) in [4.78, 5) is 12.5. The van der Waals surface area contributed by atoms with Crippen LogP contribution in [0.3, 0.4) is 0 Å².